The fraction of sp³-hybridized carbons (Fsp3) is 0.417. The normalized spacial score (nSPS) is 27.8. The van der Waals surface area contributed by atoms with Gasteiger partial charge in [0, 0.05) is 24.0 Å². The summed E-state index contributed by atoms with van der Waals surface area (Å²) in [5.41, 5.74) is -1.06. The summed E-state index contributed by atoms with van der Waals surface area (Å²) in [6.07, 6.45) is -5.32. The Morgan fingerprint density at radius 3 is 2.19 bits per heavy atom. The van der Waals surface area contributed by atoms with Crippen molar-refractivity contribution in [2.45, 2.75) is 50.6 Å². The summed E-state index contributed by atoms with van der Waals surface area (Å²) in [5, 5.41) is 1.77. The van der Waals surface area contributed by atoms with Crippen molar-refractivity contribution in [2.75, 3.05) is 12.8 Å². The third-order valence-electron chi connectivity index (χ3n) is 6.82. The molecule has 6 unspecified atom stereocenters. The molecule has 0 amide bonds. The maximum Gasteiger partial charge on any atom is 0.330 e. The predicted octanol–water partition coefficient (Wildman–Crippen LogP) is 0.895. The Hall–Kier alpha value is -2.14. The van der Waals surface area contributed by atoms with Gasteiger partial charge < -0.3 is 42.9 Å². The zero-order chi connectivity index (χ0) is 34.2. The number of aromatic amines is 1. The molecule has 5 rings (SSSR count). The highest BCUT2D eigenvalue weighted by molar-refractivity contribution is 7.69. The van der Waals surface area contributed by atoms with Crippen LogP contribution in [0.25, 0.3) is 10.8 Å². The first-order chi connectivity index (χ1) is 22.0. The number of hydrogen-bond donors (Lipinski definition) is 1. The number of aromatic nitrogens is 2. The van der Waals surface area contributed by atoms with Crippen LogP contribution in [0.1, 0.15) is 37.8 Å². The molecule has 0 aliphatic carbocycles. The topological polar surface area (TPSA) is 280 Å². The summed E-state index contributed by atoms with van der Waals surface area (Å²) in [6.45, 7) is 0.580. The van der Waals surface area contributed by atoms with Gasteiger partial charge >= 0.3 is 5.69 Å². The van der Waals surface area contributed by atoms with Crippen LogP contribution in [-0.2, 0) is 49.9 Å². The van der Waals surface area contributed by atoms with Crippen LogP contribution in [0.2, 0.25) is 0 Å². The molecule has 9 atom stereocenters. The number of unbranched alkanes of at least 4 members (excludes halogenated alkanes) is 1. The maximum absolute atomic E-state index is 12.6. The van der Waals surface area contributed by atoms with E-state index in [4.69, 9.17) is 14.2 Å². The Kier molecular flexibility index (Phi) is 10.8. The number of nitrogens with one attached hydrogen (secondary N) is 1. The highest BCUT2D eigenvalue weighted by atomic mass is 31.3. The van der Waals surface area contributed by atoms with Gasteiger partial charge in [0.15, 0.2) is 12.5 Å². The van der Waals surface area contributed by atoms with Crippen LogP contribution >= 0.6 is 31.1 Å². The van der Waals surface area contributed by atoms with Gasteiger partial charge in [-0.15, -0.1) is 0 Å². The van der Waals surface area contributed by atoms with Gasteiger partial charge in [-0.3, -0.25) is 32.4 Å². The minimum absolute atomic E-state index is 0.0174. The number of nitrogens with zero attached hydrogens (tertiary/aromatic N) is 1. The lowest BCUT2D eigenvalue weighted by Crippen LogP contribution is -2.36. The van der Waals surface area contributed by atoms with Crippen LogP contribution in [0.4, 0.5) is 0 Å². The molecule has 0 radical (unpaired) electrons. The standard InChI is InChI=1S/C24H30N2O17P4/c1-2-3-12-44(29,30)41-46(33,34)43-47(35,36)42-45(31,32)37-14-18-20-21(22(38-18)26-11-10-19(27)25-24(26)28)40-23(39-20)17-9-8-15-6-4-5-7-16(15)13-17/h4-11,13,18,20-23H,2-3,12,14H2,1H3,(H,29,30)(H,31,32)(H,33,34)(H,35,36)(H,25,27,28)/p-4/t18-,20?,21+,22-,23?/m1/s1. The third-order valence-corrected chi connectivity index (χ3v) is 13.1. The summed E-state index contributed by atoms with van der Waals surface area (Å²) in [4.78, 5) is 74.4. The molecule has 2 fully saturated rings. The van der Waals surface area contributed by atoms with Crippen molar-refractivity contribution in [3.8, 4) is 0 Å². The average molecular weight is 738 g/mol. The van der Waals surface area contributed by atoms with Crippen molar-refractivity contribution in [2.24, 2.45) is 0 Å². The van der Waals surface area contributed by atoms with Crippen LogP contribution in [0.3, 0.4) is 0 Å². The molecule has 0 bridgehead atoms. The summed E-state index contributed by atoms with van der Waals surface area (Å²) >= 11 is 0. The van der Waals surface area contributed by atoms with Crippen molar-refractivity contribution in [3.05, 3.63) is 81.1 Å². The molecule has 1 aromatic heterocycles. The van der Waals surface area contributed by atoms with E-state index in [-0.39, 0.29) is 6.42 Å². The summed E-state index contributed by atoms with van der Waals surface area (Å²) in [6, 6.07) is 13.8. The molecule has 19 nitrogen and oxygen atoms in total. The second-order valence-electron chi connectivity index (χ2n) is 10.3. The number of rotatable bonds is 14. The lowest BCUT2D eigenvalue weighted by Gasteiger charge is -2.36. The maximum atomic E-state index is 12.6. The Labute approximate surface area is 265 Å². The largest absolute Gasteiger partial charge is 0.778 e. The zero-order valence-electron chi connectivity index (χ0n) is 24.1. The van der Waals surface area contributed by atoms with E-state index in [2.05, 4.69) is 22.4 Å². The fourth-order valence-electron chi connectivity index (χ4n) is 4.84. The summed E-state index contributed by atoms with van der Waals surface area (Å²) in [7, 11) is -23.6. The van der Waals surface area contributed by atoms with Gasteiger partial charge in [-0.2, -0.15) is 0 Å². The molecule has 47 heavy (non-hydrogen) atoms. The van der Waals surface area contributed by atoms with Crippen LogP contribution in [0, 0.1) is 0 Å². The van der Waals surface area contributed by atoms with Crippen LogP contribution < -0.4 is 30.8 Å². The molecular weight excluding hydrogens is 712 g/mol. The van der Waals surface area contributed by atoms with E-state index in [0.29, 0.717) is 12.0 Å². The van der Waals surface area contributed by atoms with Crippen molar-refractivity contribution in [1.82, 2.24) is 9.55 Å². The average Bonchev–Trinajstić information content (AvgIpc) is 3.53. The second-order valence-corrected chi connectivity index (χ2v) is 16.9. The van der Waals surface area contributed by atoms with E-state index >= 15 is 0 Å². The Morgan fingerprint density at radius 1 is 0.830 bits per heavy atom. The molecule has 1 N–H and O–H groups in total. The Bertz CT molecular complexity index is 1930. The monoisotopic (exact) mass is 738 g/mol. The molecule has 3 heterocycles. The smallest absolute Gasteiger partial charge is 0.330 e. The SMILES string of the molecule is CCCCP(=O)([O-])OP(=O)([O-])OP(=O)([O-])OP(=O)([O-])OC[C@H]1O[C@@H](n2ccc(=O)[nH]c2=O)[C@H]2OC(c3ccc4ccccc4c3)OC12. The first-order valence-electron chi connectivity index (χ1n) is 13.7. The predicted molar refractivity (Wildman–Crippen MR) is 151 cm³/mol. The van der Waals surface area contributed by atoms with Gasteiger partial charge in [0.1, 0.15) is 25.9 Å². The highest BCUT2D eigenvalue weighted by Gasteiger charge is 2.54. The highest BCUT2D eigenvalue weighted by Crippen LogP contribution is 2.66. The number of ether oxygens (including phenoxy) is 3. The summed E-state index contributed by atoms with van der Waals surface area (Å²) < 4.78 is 82.8. The van der Waals surface area contributed by atoms with Gasteiger partial charge in [-0.25, -0.2) is 13.4 Å². The van der Waals surface area contributed by atoms with E-state index in [1.165, 1.54) is 0 Å². The van der Waals surface area contributed by atoms with Crippen LogP contribution in [-0.4, -0.2) is 40.6 Å². The summed E-state index contributed by atoms with van der Waals surface area (Å²) in [5.74, 6) is 0. The quantitative estimate of drug-likeness (QED) is 0.225. The number of fused-ring (bicyclic) bond motifs is 2. The van der Waals surface area contributed by atoms with Crippen LogP contribution in [0.15, 0.2) is 64.3 Å². The van der Waals surface area contributed by atoms with E-state index < -0.39 is 85.9 Å². The Morgan fingerprint density at radius 2 is 1.49 bits per heavy atom. The van der Waals surface area contributed by atoms with Crippen molar-refractivity contribution >= 4 is 41.8 Å². The first-order valence-corrected chi connectivity index (χ1v) is 19.9. The molecule has 23 heteroatoms. The first kappa shape index (κ1) is 36.1. The van der Waals surface area contributed by atoms with Gasteiger partial charge in [0.25, 0.3) is 29.0 Å². The molecule has 0 saturated carbocycles. The number of phosphoric acid groups is 3. The van der Waals surface area contributed by atoms with Crippen molar-refractivity contribution in [1.29, 1.82) is 0 Å². The number of benzene rings is 2. The van der Waals surface area contributed by atoms with Gasteiger partial charge in [-0.1, -0.05) is 49.7 Å². The number of hydrogen-bond acceptors (Lipinski definition) is 17. The molecule has 0 spiro atoms. The molecule has 3 aromatic rings. The third kappa shape index (κ3) is 9.11. The lowest BCUT2D eigenvalue weighted by molar-refractivity contribution is -0.251. The zero-order valence-corrected chi connectivity index (χ0v) is 27.7. The fourth-order valence-corrected chi connectivity index (χ4v) is 10.3. The second kappa shape index (κ2) is 14.0. The van der Waals surface area contributed by atoms with E-state index in [1.54, 1.807) is 19.1 Å². The molecule has 2 saturated heterocycles. The molecule has 2 aliphatic heterocycles. The number of H-pyrrole nitrogens is 1. The van der Waals surface area contributed by atoms with E-state index in [0.717, 1.165) is 27.6 Å². The van der Waals surface area contributed by atoms with E-state index in [9.17, 15) is 47.4 Å². The van der Waals surface area contributed by atoms with Gasteiger partial charge in [0.2, 0.25) is 0 Å². The molecule has 2 aliphatic rings. The van der Waals surface area contributed by atoms with Crippen molar-refractivity contribution in [3.63, 3.8) is 0 Å². The number of phosphoric ester groups is 1. The van der Waals surface area contributed by atoms with E-state index in [1.807, 2.05) is 30.3 Å². The minimum atomic E-state index is -6.36. The van der Waals surface area contributed by atoms with Crippen molar-refractivity contribution < 1.29 is 69.5 Å². The minimum Gasteiger partial charge on any atom is -0.778 e. The molecule has 2 aromatic carbocycles. The molecular formula is C24H26N2O17P4-4. The molecule has 258 valence electrons. The lowest BCUT2D eigenvalue weighted by atomic mass is 10.1. The van der Waals surface area contributed by atoms with Crippen LogP contribution in [0.5, 0.6) is 0 Å². The Balaban J connectivity index is 1.31. The van der Waals surface area contributed by atoms with Gasteiger partial charge in [0.05, 0.1) is 6.61 Å². The van der Waals surface area contributed by atoms with Gasteiger partial charge in [-0.05, 0) is 23.3 Å².